The van der Waals surface area contributed by atoms with Gasteiger partial charge < -0.3 is 35.2 Å². The van der Waals surface area contributed by atoms with Gasteiger partial charge in [-0.25, -0.2) is 9.59 Å². The summed E-state index contributed by atoms with van der Waals surface area (Å²) in [5.41, 5.74) is 7.85. The lowest BCUT2D eigenvalue weighted by atomic mass is 9.92. The first-order valence-corrected chi connectivity index (χ1v) is 7.62. The van der Waals surface area contributed by atoms with Crippen molar-refractivity contribution in [1.82, 2.24) is 5.32 Å². The number of carboxylic acid groups (broad SMARTS) is 1. The van der Waals surface area contributed by atoms with Crippen molar-refractivity contribution in [3.8, 4) is 0 Å². The summed E-state index contributed by atoms with van der Waals surface area (Å²) in [6.07, 6.45) is -5.00. The highest BCUT2D eigenvalue weighted by atomic mass is 16.6. The first kappa shape index (κ1) is 21.5. The Kier molecular flexibility index (Phi) is 7.21. The van der Waals surface area contributed by atoms with Gasteiger partial charge in [0, 0.05) is 4.91 Å². The van der Waals surface area contributed by atoms with E-state index in [4.69, 9.17) is 25.2 Å². The van der Waals surface area contributed by atoms with Crippen LogP contribution in [0.1, 0.15) is 20.8 Å². The number of amides is 1. The van der Waals surface area contributed by atoms with Crippen LogP contribution in [0.2, 0.25) is 0 Å². The van der Waals surface area contributed by atoms with E-state index in [0.29, 0.717) is 0 Å². The molecule has 1 aliphatic heterocycles. The summed E-state index contributed by atoms with van der Waals surface area (Å²) in [6.45, 7) is 3.98. The molecule has 12 heteroatoms. The molecule has 0 saturated carbocycles. The van der Waals surface area contributed by atoms with Crippen LogP contribution in [0.15, 0.2) is 16.9 Å². The third-order valence-electron chi connectivity index (χ3n) is 3.30. The second-order valence-corrected chi connectivity index (χ2v) is 6.53. The maximum absolute atomic E-state index is 12.0. The van der Waals surface area contributed by atoms with Gasteiger partial charge in [-0.1, -0.05) is 5.11 Å². The van der Waals surface area contributed by atoms with Crippen molar-refractivity contribution in [1.29, 1.82) is 0 Å². The van der Waals surface area contributed by atoms with E-state index < -0.39 is 60.4 Å². The van der Waals surface area contributed by atoms with E-state index in [1.807, 2.05) is 0 Å². The summed E-state index contributed by atoms with van der Waals surface area (Å²) < 4.78 is 10.2. The summed E-state index contributed by atoms with van der Waals surface area (Å²) in [6, 6.07) is -2.52. The average Bonchev–Trinajstić information content (AvgIpc) is 2.52. The van der Waals surface area contributed by atoms with E-state index in [1.54, 1.807) is 20.8 Å². The van der Waals surface area contributed by atoms with Gasteiger partial charge in [0.2, 0.25) is 5.76 Å². The molecule has 0 aromatic rings. The third kappa shape index (κ3) is 5.77. The predicted molar refractivity (Wildman–Crippen MR) is 85.8 cm³/mol. The highest BCUT2D eigenvalue weighted by Crippen LogP contribution is 2.25. The number of carboxylic acids is 1. The fraction of sp³-hybridized carbons (Fsp3) is 0.714. The Morgan fingerprint density at radius 3 is 2.54 bits per heavy atom. The monoisotopic (exact) mass is 374 g/mol. The van der Waals surface area contributed by atoms with Gasteiger partial charge in [-0.2, -0.15) is 0 Å². The number of aliphatic hydroxyl groups is 3. The summed E-state index contributed by atoms with van der Waals surface area (Å²) in [5, 5.41) is 43.7. The van der Waals surface area contributed by atoms with E-state index in [2.05, 4.69) is 15.3 Å². The highest BCUT2D eigenvalue weighted by Gasteiger charge is 2.44. The predicted octanol–water partition coefficient (Wildman–Crippen LogP) is -0.360. The van der Waals surface area contributed by atoms with Crippen molar-refractivity contribution in [2.24, 2.45) is 5.11 Å². The molecule has 0 aliphatic carbocycles. The van der Waals surface area contributed by atoms with Crippen LogP contribution in [-0.2, 0) is 14.3 Å². The van der Waals surface area contributed by atoms with E-state index in [9.17, 15) is 19.8 Å². The molecule has 0 fully saturated rings. The first-order valence-electron chi connectivity index (χ1n) is 7.62. The van der Waals surface area contributed by atoms with E-state index in [1.165, 1.54) is 0 Å². The SMILES string of the molecule is CC(C)(C)OC(=O)N[C@H]1[C@H]([C@H](O)[C@H](O)CO)OC(C(=O)O)=C[C@@H]1N=[N+]=[N-]. The molecule has 0 bridgehead atoms. The number of carbonyl (C=O) groups excluding carboxylic acids is 1. The van der Waals surface area contributed by atoms with Crippen molar-refractivity contribution >= 4 is 12.1 Å². The zero-order chi connectivity index (χ0) is 20.1. The second kappa shape index (κ2) is 8.72. The Bertz CT molecular complexity index is 611. The largest absolute Gasteiger partial charge is 0.478 e. The topological polar surface area (TPSA) is 194 Å². The molecular weight excluding hydrogens is 352 g/mol. The van der Waals surface area contributed by atoms with Crippen LogP contribution in [-0.4, -0.2) is 75.1 Å². The van der Waals surface area contributed by atoms with Gasteiger partial charge in [0.25, 0.3) is 0 Å². The molecule has 1 aliphatic rings. The van der Waals surface area contributed by atoms with E-state index in [-0.39, 0.29) is 0 Å². The van der Waals surface area contributed by atoms with Crippen molar-refractivity contribution in [3.05, 3.63) is 22.3 Å². The Balaban J connectivity index is 3.23. The standard InChI is InChI=1S/C14H22N4O8/c1-14(2,3)26-13(24)16-9-6(17-18-15)4-8(12(22)23)25-11(9)10(21)7(20)5-19/h4,6-7,9-11,19-21H,5H2,1-3H3,(H,16,24)(H,22,23)/t6-,7+,9+,10+,11+/m0/s1. The van der Waals surface area contributed by atoms with Crippen LogP contribution < -0.4 is 5.32 Å². The van der Waals surface area contributed by atoms with Crippen molar-refractivity contribution < 1.29 is 39.5 Å². The number of nitrogens with one attached hydrogen (secondary N) is 1. The molecular formula is C14H22N4O8. The molecule has 0 spiro atoms. The minimum absolute atomic E-state index is 0.640. The van der Waals surface area contributed by atoms with Gasteiger partial charge in [-0.3, -0.25) is 0 Å². The Hall–Kier alpha value is -2.53. The van der Waals surface area contributed by atoms with Crippen LogP contribution >= 0.6 is 0 Å². The van der Waals surface area contributed by atoms with Crippen LogP contribution in [0.4, 0.5) is 4.79 Å². The molecule has 5 N–H and O–H groups in total. The average molecular weight is 374 g/mol. The van der Waals surface area contributed by atoms with E-state index >= 15 is 0 Å². The van der Waals surface area contributed by atoms with Gasteiger partial charge in [-0.05, 0) is 32.4 Å². The van der Waals surface area contributed by atoms with Crippen molar-refractivity contribution in [2.75, 3.05) is 6.61 Å². The lowest BCUT2D eigenvalue weighted by Crippen LogP contribution is -2.60. The van der Waals surface area contributed by atoms with Crippen LogP contribution in [0.5, 0.6) is 0 Å². The summed E-state index contributed by atoms with van der Waals surface area (Å²) in [5.74, 6) is -2.15. The maximum atomic E-state index is 12.0. The number of aliphatic carboxylic acids is 1. The molecule has 0 radical (unpaired) electrons. The van der Waals surface area contributed by atoms with Crippen molar-refractivity contribution in [3.63, 3.8) is 0 Å². The third-order valence-corrected chi connectivity index (χ3v) is 3.30. The molecule has 5 atom stereocenters. The molecule has 26 heavy (non-hydrogen) atoms. The Morgan fingerprint density at radius 2 is 2.08 bits per heavy atom. The number of carbonyl (C=O) groups is 2. The van der Waals surface area contributed by atoms with Gasteiger partial charge >= 0.3 is 12.1 Å². The zero-order valence-electron chi connectivity index (χ0n) is 14.4. The Labute approximate surface area is 148 Å². The molecule has 12 nitrogen and oxygen atoms in total. The number of aliphatic hydroxyl groups excluding tert-OH is 3. The van der Waals surface area contributed by atoms with Gasteiger partial charge in [0.05, 0.1) is 18.7 Å². The lowest BCUT2D eigenvalue weighted by Gasteiger charge is -2.38. The number of hydrogen-bond acceptors (Lipinski definition) is 8. The van der Waals surface area contributed by atoms with Crippen molar-refractivity contribution in [2.45, 2.75) is 56.8 Å². The fourth-order valence-corrected chi connectivity index (χ4v) is 2.22. The smallest absolute Gasteiger partial charge is 0.408 e. The fourth-order valence-electron chi connectivity index (χ4n) is 2.22. The normalized spacial score (nSPS) is 25.0. The molecule has 0 unspecified atom stereocenters. The van der Waals surface area contributed by atoms with Gasteiger partial charge in [0.15, 0.2) is 0 Å². The highest BCUT2D eigenvalue weighted by molar-refractivity contribution is 5.84. The molecule has 0 saturated heterocycles. The minimum Gasteiger partial charge on any atom is -0.478 e. The van der Waals surface area contributed by atoms with Crippen LogP contribution in [0, 0.1) is 0 Å². The van der Waals surface area contributed by atoms with Crippen LogP contribution in [0.25, 0.3) is 10.4 Å². The van der Waals surface area contributed by atoms with Gasteiger partial charge in [-0.15, -0.1) is 0 Å². The number of nitrogens with zero attached hydrogens (tertiary/aromatic N) is 3. The zero-order valence-corrected chi connectivity index (χ0v) is 14.4. The number of hydrogen-bond donors (Lipinski definition) is 5. The summed E-state index contributed by atoms with van der Waals surface area (Å²) in [7, 11) is 0. The molecule has 0 aromatic heterocycles. The second-order valence-electron chi connectivity index (χ2n) is 6.53. The maximum Gasteiger partial charge on any atom is 0.408 e. The van der Waals surface area contributed by atoms with Crippen LogP contribution in [0.3, 0.4) is 0 Å². The first-order chi connectivity index (χ1) is 12.0. The Morgan fingerprint density at radius 1 is 1.46 bits per heavy atom. The molecule has 1 heterocycles. The molecule has 0 aromatic carbocycles. The number of rotatable bonds is 6. The summed E-state index contributed by atoms with van der Waals surface area (Å²) in [4.78, 5) is 25.8. The number of azide groups is 1. The quantitative estimate of drug-likeness (QED) is 0.236. The molecule has 146 valence electrons. The lowest BCUT2D eigenvalue weighted by molar-refractivity contribution is -0.145. The van der Waals surface area contributed by atoms with Gasteiger partial charge in [0.1, 0.15) is 23.9 Å². The minimum atomic E-state index is -1.79. The van der Waals surface area contributed by atoms with E-state index in [0.717, 1.165) is 6.08 Å². The summed E-state index contributed by atoms with van der Waals surface area (Å²) >= 11 is 0. The molecule has 1 rings (SSSR count). The number of alkyl carbamates (subject to hydrolysis) is 1. The molecule has 1 amide bonds. The number of ether oxygens (including phenoxy) is 2.